The maximum atomic E-state index is 9.12. The first-order chi connectivity index (χ1) is 5.81. The summed E-state index contributed by atoms with van der Waals surface area (Å²) < 4.78 is 0. The third kappa shape index (κ3) is 7.76. The number of hydrogen-bond donors (Lipinski definition) is 2. The highest BCUT2D eigenvalue weighted by Gasteiger charge is 1.99. The SMILES string of the molecule is C=CCCCCCC[C@@H](O)CN. The van der Waals surface area contributed by atoms with E-state index in [1.165, 1.54) is 19.3 Å². The summed E-state index contributed by atoms with van der Waals surface area (Å²) in [4.78, 5) is 0. The molecule has 0 bridgehead atoms. The predicted molar refractivity (Wildman–Crippen MR) is 53.0 cm³/mol. The molecule has 72 valence electrons. The Morgan fingerprint density at radius 1 is 1.25 bits per heavy atom. The van der Waals surface area contributed by atoms with E-state index in [-0.39, 0.29) is 6.10 Å². The Bertz CT molecular complexity index is 104. The maximum absolute atomic E-state index is 9.12. The van der Waals surface area contributed by atoms with Gasteiger partial charge in [-0.3, -0.25) is 0 Å². The van der Waals surface area contributed by atoms with Gasteiger partial charge in [-0.05, 0) is 19.3 Å². The third-order valence-corrected chi connectivity index (χ3v) is 1.97. The van der Waals surface area contributed by atoms with Crippen LogP contribution in [0.3, 0.4) is 0 Å². The number of unbranched alkanes of at least 4 members (excludes halogenated alkanes) is 4. The standard InChI is InChI=1S/C10H21NO/c1-2-3-4-5-6-7-8-10(12)9-11/h2,10,12H,1,3-9,11H2/t10-/m1/s1. The van der Waals surface area contributed by atoms with Crippen LogP contribution in [0.2, 0.25) is 0 Å². The smallest absolute Gasteiger partial charge is 0.0662 e. The van der Waals surface area contributed by atoms with Crippen LogP contribution in [0.4, 0.5) is 0 Å². The second-order valence-electron chi connectivity index (χ2n) is 3.17. The summed E-state index contributed by atoms with van der Waals surface area (Å²) in [5.41, 5.74) is 5.27. The number of nitrogens with two attached hydrogens (primary N) is 1. The first-order valence-electron chi connectivity index (χ1n) is 4.80. The molecule has 0 spiro atoms. The van der Waals surface area contributed by atoms with Crippen LogP contribution in [0.25, 0.3) is 0 Å². The quantitative estimate of drug-likeness (QED) is 0.432. The largest absolute Gasteiger partial charge is 0.392 e. The van der Waals surface area contributed by atoms with Crippen LogP contribution in [0.15, 0.2) is 12.7 Å². The second kappa shape index (κ2) is 8.75. The van der Waals surface area contributed by atoms with Crippen LogP contribution in [0.5, 0.6) is 0 Å². The second-order valence-corrected chi connectivity index (χ2v) is 3.17. The van der Waals surface area contributed by atoms with E-state index in [1.807, 2.05) is 6.08 Å². The summed E-state index contributed by atoms with van der Waals surface area (Å²) in [5.74, 6) is 0. The maximum Gasteiger partial charge on any atom is 0.0662 e. The summed E-state index contributed by atoms with van der Waals surface area (Å²) in [6.07, 6.45) is 8.38. The molecule has 2 heteroatoms. The van der Waals surface area contributed by atoms with Crippen molar-refractivity contribution in [3.05, 3.63) is 12.7 Å². The van der Waals surface area contributed by atoms with Gasteiger partial charge in [0.25, 0.3) is 0 Å². The fourth-order valence-corrected chi connectivity index (χ4v) is 1.14. The lowest BCUT2D eigenvalue weighted by Gasteiger charge is -2.05. The van der Waals surface area contributed by atoms with Crippen molar-refractivity contribution in [2.24, 2.45) is 5.73 Å². The zero-order valence-corrected chi connectivity index (χ0v) is 7.84. The fraction of sp³-hybridized carbons (Fsp3) is 0.800. The first kappa shape index (κ1) is 11.7. The molecule has 0 aliphatic carbocycles. The van der Waals surface area contributed by atoms with Gasteiger partial charge in [-0.15, -0.1) is 6.58 Å². The molecule has 0 heterocycles. The van der Waals surface area contributed by atoms with E-state index in [9.17, 15) is 0 Å². The van der Waals surface area contributed by atoms with Crippen LogP contribution in [-0.4, -0.2) is 17.8 Å². The number of aliphatic hydroxyl groups is 1. The van der Waals surface area contributed by atoms with E-state index in [1.54, 1.807) is 0 Å². The molecule has 3 N–H and O–H groups in total. The molecule has 0 amide bonds. The predicted octanol–water partition coefficient (Wildman–Crippen LogP) is 1.83. The lowest BCUT2D eigenvalue weighted by Crippen LogP contribution is -2.19. The molecule has 12 heavy (non-hydrogen) atoms. The molecule has 0 aromatic carbocycles. The molecule has 0 unspecified atom stereocenters. The average molecular weight is 171 g/mol. The van der Waals surface area contributed by atoms with Gasteiger partial charge in [0.1, 0.15) is 0 Å². The molecule has 1 atom stereocenters. The number of rotatable bonds is 8. The van der Waals surface area contributed by atoms with E-state index in [4.69, 9.17) is 10.8 Å². The van der Waals surface area contributed by atoms with Gasteiger partial charge in [0.2, 0.25) is 0 Å². The monoisotopic (exact) mass is 171 g/mol. The molecule has 0 saturated heterocycles. The third-order valence-electron chi connectivity index (χ3n) is 1.97. The van der Waals surface area contributed by atoms with Crippen LogP contribution < -0.4 is 5.73 Å². The Morgan fingerprint density at radius 3 is 2.50 bits per heavy atom. The summed E-state index contributed by atoms with van der Waals surface area (Å²) in [7, 11) is 0. The molecule has 0 radical (unpaired) electrons. The molecule has 0 rings (SSSR count). The topological polar surface area (TPSA) is 46.2 Å². The van der Waals surface area contributed by atoms with E-state index in [2.05, 4.69) is 6.58 Å². The molecule has 0 aromatic rings. The molecule has 0 fully saturated rings. The molecule has 0 aliphatic heterocycles. The molecular weight excluding hydrogens is 150 g/mol. The minimum Gasteiger partial charge on any atom is -0.392 e. The van der Waals surface area contributed by atoms with Gasteiger partial charge < -0.3 is 10.8 Å². The summed E-state index contributed by atoms with van der Waals surface area (Å²) in [5, 5.41) is 9.12. The van der Waals surface area contributed by atoms with Crippen LogP contribution in [0, 0.1) is 0 Å². The van der Waals surface area contributed by atoms with E-state index in [0.717, 1.165) is 19.3 Å². The number of hydrogen-bond acceptors (Lipinski definition) is 2. The first-order valence-corrected chi connectivity index (χ1v) is 4.80. The van der Waals surface area contributed by atoms with Gasteiger partial charge in [-0.2, -0.15) is 0 Å². The van der Waals surface area contributed by atoms with Crippen LogP contribution in [0.1, 0.15) is 38.5 Å². The zero-order chi connectivity index (χ0) is 9.23. The van der Waals surface area contributed by atoms with Crippen LogP contribution >= 0.6 is 0 Å². The van der Waals surface area contributed by atoms with Crippen molar-refractivity contribution < 1.29 is 5.11 Å². The van der Waals surface area contributed by atoms with Gasteiger partial charge in [0, 0.05) is 6.54 Å². The van der Waals surface area contributed by atoms with Gasteiger partial charge in [-0.25, -0.2) is 0 Å². The van der Waals surface area contributed by atoms with Crippen molar-refractivity contribution in [3.63, 3.8) is 0 Å². The van der Waals surface area contributed by atoms with Crippen molar-refractivity contribution in [2.75, 3.05) is 6.54 Å². The molecule has 0 aromatic heterocycles. The van der Waals surface area contributed by atoms with Gasteiger partial charge in [0.15, 0.2) is 0 Å². The van der Waals surface area contributed by atoms with Crippen molar-refractivity contribution >= 4 is 0 Å². The molecule has 0 aliphatic rings. The Balaban J connectivity index is 2.95. The lowest BCUT2D eigenvalue weighted by molar-refractivity contribution is 0.168. The van der Waals surface area contributed by atoms with Gasteiger partial charge >= 0.3 is 0 Å². The number of allylic oxidation sites excluding steroid dienone is 1. The highest BCUT2D eigenvalue weighted by molar-refractivity contribution is 4.65. The normalized spacial score (nSPS) is 12.8. The Kier molecular flexibility index (Phi) is 8.51. The van der Waals surface area contributed by atoms with Crippen molar-refractivity contribution in [3.8, 4) is 0 Å². The Morgan fingerprint density at radius 2 is 1.92 bits per heavy atom. The minimum absolute atomic E-state index is 0.288. The fourth-order valence-electron chi connectivity index (χ4n) is 1.14. The van der Waals surface area contributed by atoms with Crippen molar-refractivity contribution in [1.29, 1.82) is 0 Å². The van der Waals surface area contributed by atoms with Gasteiger partial charge in [0.05, 0.1) is 6.10 Å². The Labute approximate surface area is 75.5 Å². The molecular formula is C10H21NO. The van der Waals surface area contributed by atoms with Gasteiger partial charge in [-0.1, -0.05) is 25.3 Å². The summed E-state index contributed by atoms with van der Waals surface area (Å²) >= 11 is 0. The minimum atomic E-state index is -0.288. The lowest BCUT2D eigenvalue weighted by atomic mass is 10.1. The van der Waals surface area contributed by atoms with E-state index < -0.39 is 0 Å². The average Bonchev–Trinajstić information content (AvgIpc) is 2.10. The van der Waals surface area contributed by atoms with E-state index in [0.29, 0.717) is 6.54 Å². The zero-order valence-electron chi connectivity index (χ0n) is 7.84. The van der Waals surface area contributed by atoms with Crippen molar-refractivity contribution in [2.45, 2.75) is 44.6 Å². The van der Waals surface area contributed by atoms with Crippen molar-refractivity contribution in [1.82, 2.24) is 0 Å². The van der Waals surface area contributed by atoms with E-state index >= 15 is 0 Å². The molecule has 0 saturated carbocycles. The summed E-state index contributed by atoms with van der Waals surface area (Å²) in [6.45, 7) is 4.06. The number of aliphatic hydroxyl groups excluding tert-OH is 1. The molecule has 2 nitrogen and oxygen atoms in total. The Hall–Kier alpha value is -0.340. The highest BCUT2D eigenvalue weighted by Crippen LogP contribution is 2.06. The van der Waals surface area contributed by atoms with Crippen LogP contribution in [-0.2, 0) is 0 Å². The summed E-state index contributed by atoms with van der Waals surface area (Å²) in [6, 6.07) is 0. The highest BCUT2D eigenvalue weighted by atomic mass is 16.3.